The Bertz CT molecular complexity index is 641. The number of carbonyl (C=O) groups excluding carboxylic acids is 1. The van der Waals surface area contributed by atoms with Crippen molar-refractivity contribution < 1.29 is 18.0 Å². The minimum Gasteiger partial charge on any atom is -0.316 e. The smallest absolute Gasteiger partial charge is 0.316 e. The molecular weight excluding hydrogens is 323 g/mol. The number of hydrogen-bond acceptors (Lipinski definition) is 4. The van der Waals surface area contributed by atoms with Crippen LogP contribution in [0.3, 0.4) is 0 Å². The van der Waals surface area contributed by atoms with Crippen molar-refractivity contribution in [3.05, 3.63) is 41.2 Å². The normalized spacial score (nSPS) is 12.4. The first kappa shape index (κ1) is 17.9. The maximum atomic E-state index is 12.3. The fourth-order valence-electron chi connectivity index (χ4n) is 1.56. The number of benzene rings is 1. The van der Waals surface area contributed by atoms with Crippen molar-refractivity contribution in [3.8, 4) is 0 Å². The molecule has 0 spiro atoms. The summed E-state index contributed by atoms with van der Waals surface area (Å²) in [5.74, 6) is -2.47. The predicted molar refractivity (Wildman–Crippen MR) is 75.4 cm³/mol. The van der Waals surface area contributed by atoms with Crippen molar-refractivity contribution in [1.29, 1.82) is 0 Å². The molecule has 0 saturated carbocycles. The summed E-state index contributed by atoms with van der Waals surface area (Å²) in [6.45, 7) is 1.88. The van der Waals surface area contributed by atoms with E-state index in [4.69, 9.17) is 5.73 Å². The number of aromatic nitrogens is 3. The van der Waals surface area contributed by atoms with E-state index in [1.807, 2.05) is 6.92 Å². The summed E-state index contributed by atoms with van der Waals surface area (Å²) in [7, 11) is 0. The first-order valence-electron chi connectivity index (χ1n) is 5.90. The SMILES string of the molecule is Cc1ccc(C(N)C(=O)Nc2n[nH]c(C(F)(F)F)n2)cc1.Cl. The summed E-state index contributed by atoms with van der Waals surface area (Å²) in [4.78, 5) is 15.0. The Labute approximate surface area is 129 Å². The van der Waals surface area contributed by atoms with E-state index in [2.05, 4.69) is 15.4 Å². The van der Waals surface area contributed by atoms with Crippen molar-refractivity contribution >= 4 is 24.3 Å². The zero-order chi connectivity index (χ0) is 15.6. The Morgan fingerprint density at radius 2 is 1.91 bits per heavy atom. The van der Waals surface area contributed by atoms with E-state index in [-0.39, 0.29) is 12.4 Å². The highest BCUT2D eigenvalue weighted by Gasteiger charge is 2.35. The third-order valence-corrected chi connectivity index (χ3v) is 2.71. The zero-order valence-electron chi connectivity index (χ0n) is 11.3. The van der Waals surface area contributed by atoms with Gasteiger partial charge in [-0.25, -0.2) is 0 Å². The number of anilines is 1. The molecule has 0 radical (unpaired) electrons. The van der Waals surface area contributed by atoms with Gasteiger partial charge in [-0.15, -0.1) is 17.5 Å². The molecule has 0 aliphatic rings. The molecule has 6 nitrogen and oxygen atoms in total. The molecule has 10 heteroatoms. The van der Waals surface area contributed by atoms with Gasteiger partial charge in [-0.2, -0.15) is 18.2 Å². The number of H-pyrrole nitrogens is 1. The van der Waals surface area contributed by atoms with Crippen molar-refractivity contribution in [3.63, 3.8) is 0 Å². The number of halogens is 4. The van der Waals surface area contributed by atoms with Crippen molar-refractivity contribution in [2.75, 3.05) is 5.32 Å². The Hall–Kier alpha value is -2.13. The minimum atomic E-state index is -4.66. The number of alkyl halides is 3. The maximum absolute atomic E-state index is 12.3. The van der Waals surface area contributed by atoms with Crippen LogP contribution in [0.2, 0.25) is 0 Å². The lowest BCUT2D eigenvalue weighted by molar-refractivity contribution is -0.144. The van der Waals surface area contributed by atoms with Gasteiger partial charge in [-0.1, -0.05) is 29.8 Å². The molecule has 0 aliphatic heterocycles. The van der Waals surface area contributed by atoms with Crippen LogP contribution in [0, 0.1) is 6.92 Å². The molecule has 0 fully saturated rings. The van der Waals surface area contributed by atoms with Gasteiger partial charge in [0.15, 0.2) is 0 Å². The molecule has 120 valence electrons. The van der Waals surface area contributed by atoms with Gasteiger partial charge in [0.2, 0.25) is 17.7 Å². The molecule has 1 aromatic heterocycles. The van der Waals surface area contributed by atoms with Gasteiger partial charge in [0.1, 0.15) is 6.04 Å². The molecule has 1 heterocycles. The number of aromatic amines is 1. The molecule has 0 saturated heterocycles. The summed E-state index contributed by atoms with van der Waals surface area (Å²) in [6.07, 6.45) is -4.66. The summed E-state index contributed by atoms with van der Waals surface area (Å²) < 4.78 is 37.0. The van der Waals surface area contributed by atoms with Crippen LogP contribution in [0.5, 0.6) is 0 Å². The number of hydrogen-bond donors (Lipinski definition) is 3. The van der Waals surface area contributed by atoms with E-state index in [1.54, 1.807) is 29.4 Å². The lowest BCUT2D eigenvalue weighted by Gasteiger charge is -2.10. The highest BCUT2D eigenvalue weighted by molar-refractivity contribution is 5.93. The number of nitrogens with one attached hydrogen (secondary N) is 2. The van der Waals surface area contributed by atoms with Gasteiger partial charge in [-0.3, -0.25) is 15.2 Å². The van der Waals surface area contributed by atoms with E-state index in [0.29, 0.717) is 5.56 Å². The Balaban J connectivity index is 0.00000242. The van der Waals surface area contributed by atoms with Crippen LogP contribution in [0.25, 0.3) is 0 Å². The quantitative estimate of drug-likeness (QED) is 0.801. The van der Waals surface area contributed by atoms with Crippen molar-refractivity contribution in [1.82, 2.24) is 15.2 Å². The Morgan fingerprint density at radius 3 is 2.41 bits per heavy atom. The van der Waals surface area contributed by atoms with Crippen LogP contribution in [0.1, 0.15) is 23.0 Å². The number of rotatable bonds is 3. The van der Waals surface area contributed by atoms with E-state index < -0.39 is 29.9 Å². The van der Waals surface area contributed by atoms with Crippen LogP contribution in [-0.4, -0.2) is 21.1 Å². The molecule has 2 rings (SSSR count). The third-order valence-electron chi connectivity index (χ3n) is 2.71. The summed E-state index contributed by atoms with van der Waals surface area (Å²) in [5, 5.41) is 7.09. The second kappa shape index (κ2) is 6.75. The number of nitrogens with two attached hydrogens (primary N) is 1. The van der Waals surface area contributed by atoms with E-state index >= 15 is 0 Å². The Morgan fingerprint density at radius 1 is 1.32 bits per heavy atom. The van der Waals surface area contributed by atoms with Gasteiger partial charge in [0.05, 0.1) is 0 Å². The molecule has 1 unspecified atom stereocenters. The van der Waals surface area contributed by atoms with Crippen LogP contribution in [0.15, 0.2) is 24.3 Å². The fraction of sp³-hybridized carbons (Fsp3) is 0.250. The monoisotopic (exact) mass is 335 g/mol. The van der Waals surface area contributed by atoms with Crippen LogP contribution in [-0.2, 0) is 11.0 Å². The van der Waals surface area contributed by atoms with E-state index in [9.17, 15) is 18.0 Å². The summed E-state index contributed by atoms with van der Waals surface area (Å²) >= 11 is 0. The standard InChI is InChI=1S/C12H12F3N5O.ClH/c1-6-2-4-7(5-3-6)8(16)9(21)17-11-18-10(19-20-11)12(13,14)15;/h2-5,8H,16H2,1H3,(H2,17,18,19,20,21);1H. The fourth-order valence-corrected chi connectivity index (χ4v) is 1.56. The van der Waals surface area contributed by atoms with Gasteiger partial charge < -0.3 is 5.73 Å². The molecule has 0 aliphatic carbocycles. The zero-order valence-corrected chi connectivity index (χ0v) is 12.1. The summed E-state index contributed by atoms with van der Waals surface area (Å²) in [5.41, 5.74) is 7.26. The largest absolute Gasteiger partial charge is 0.451 e. The lowest BCUT2D eigenvalue weighted by atomic mass is 10.1. The molecule has 2 aromatic rings. The van der Waals surface area contributed by atoms with Crippen molar-refractivity contribution in [2.24, 2.45) is 5.73 Å². The van der Waals surface area contributed by atoms with Crippen LogP contribution < -0.4 is 11.1 Å². The predicted octanol–water partition coefficient (Wildman–Crippen LogP) is 2.19. The van der Waals surface area contributed by atoms with Crippen LogP contribution in [0.4, 0.5) is 19.1 Å². The Kier molecular flexibility index (Phi) is 5.50. The van der Waals surface area contributed by atoms with E-state index in [0.717, 1.165) is 5.56 Å². The second-order valence-electron chi connectivity index (χ2n) is 4.38. The van der Waals surface area contributed by atoms with Crippen molar-refractivity contribution in [2.45, 2.75) is 19.1 Å². The first-order valence-corrected chi connectivity index (χ1v) is 5.90. The van der Waals surface area contributed by atoms with Gasteiger partial charge in [-0.05, 0) is 12.5 Å². The molecule has 22 heavy (non-hydrogen) atoms. The molecule has 4 N–H and O–H groups in total. The molecule has 1 atom stereocenters. The van der Waals surface area contributed by atoms with Gasteiger partial charge in [0.25, 0.3) is 0 Å². The summed E-state index contributed by atoms with van der Waals surface area (Å²) in [6, 6.07) is 5.85. The van der Waals surface area contributed by atoms with E-state index in [1.165, 1.54) is 0 Å². The second-order valence-corrected chi connectivity index (χ2v) is 4.38. The highest BCUT2D eigenvalue weighted by atomic mass is 35.5. The first-order chi connectivity index (χ1) is 9.77. The number of nitrogens with zero attached hydrogens (tertiary/aromatic N) is 2. The molecule has 0 bridgehead atoms. The average Bonchev–Trinajstić information content (AvgIpc) is 2.87. The average molecular weight is 336 g/mol. The lowest BCUT2D eigenvalue weighted by Crippen LogP contribution is -2.28. The number of aryl methyl sites for hydroxylation is 1. The van der Waals surface area contributed by atoms with Crippen LogP contribution >= 0.6 is 12.4 Å². The molecular formula is C12H13ClF3N5O. The topological polar surface area (TPSA) is 96.7 Å². The molecule has 1 amide bonds. The number of amides is 1. The molecule has 1 aromatic carbocycles. The number of carbonyl (C=O) groups is 1. The third kappa shape index (κ3) is 4.18. The minimum absolute atomic E-state index is 0. The maximum Gasteiger partial charge on any atom is 0.451 e. The van der Waals surface area contributed by atoms with Gasteiger partial charge >= 0.3 is 6.18 Å². The highest BCUT2D eigenvalue weighted by Crippen LogP contribution is 2.26. The van der Waals surface area contributed by atoms with Gasteiger partial charge in [0, 0.05) is 0 Å².